The van der Waals surface area contributed by atoms with Crippen molar-refractivity contribution >= 4 is 0 Å². The molecule has 19 heavy (non-hydrogen) atoms. The normalized spacial score (nSPS) is 24.0. The van der Waals surface area contributed by atoms with Crippen LogP contribution in [0.5, 0.6) is 0 Å². The first-order valence-electron chi connectivity index (χ1n) is 7.38. The van der Waals surface area contributed by atoms with Gasteiger partial charge in [0.25, 0.3) is 0 Å². The second-order valence-corrected chi connectivity index (χ2v) is 5.77. The summed E-state index contributed by atoms with van der Waals surface area (Å²) in [5.74, 6) is 2.17. The van der Waals surface area contributed by atoms with Gasteiger partial charge in [0.15, 0.2) is 5.82 Å². The Morgan fingerprint density at radius 1 is 1.37 bits per heavy atom. The summed E-state index contributed by atoms with van der Waals surface area (Å²) in [6.45, 7) is 6.34. The third kappa shape index (κ3) is 3.76. The first kappa shape index (κ1) is 14.5. The molecule has 0 saturated heterocycles. The van der Waals surface area contributed by atoms with Crippen LogP contribution in [0.4, 0.5) is 0 Å². The number of ether oxygens (including phenoxy) is 1. The Morgan fingerprint density at radius 3 is 2.79 bits per heavy atom. The maximum absolute atomic E-state index is 5.86. The van der Waals surface area contributed by atoms with E-state index < -0.39 is 0 Å². The SMILES string of the molecule is CC(C)n1ncnc1COCC1CCCCC1CN. The van der Waals surface area contributed by atoms with Crippen molar-refractivity contribution in [2.75, 3.05) is 13.2 Å². The fourth-order valence-corrected chi connectivity index (χ4v) is 2.92. The minimum Gasteiger partial charge on any atom is -0.373 e. The van der Waals surface area contributed by atoms with E-state index in [-0.39, 0.29) is 0 Å². The summed E-state index contributed by atoms with van der Waals surface area (Å²) in [6.07, 6.45) is 6.74. The van der Waals surface area contributed by atoms with Gasteiger partial charge in [0, 0.05) is 6.04 Å². The third-order valence-corrected chi connectivity index (χ3v) is 4.07. The van der Waals surface area contributed by atoms with Gasteiger partial charge in [-0.25, -0.2) is 9.67 Å². The molecule has 0 aliphatic heterocycles. The third-order valence-electron chi connectivity index (χ3n) is 4.07. The number of hydrogen-bond donors (Lipinski definition) is 1. The highest BCUT2D eigenvalue weighted by Gasteiger charge is 2.24. The van der Waals surface area contributed by atoms with Gasteiger partial charge >= 0.3 is 0 Å². The van der Waals surface area contributed by atoms with Crippen LogP contribution < -0.4 is 5.73 Å². The van der Waals surface area contributed by atoms with Gasteiger partial charge in [-0.1, -0.05) is 12.8 Å². The number of hydrogen-bond acceptors (Lipinski definition) is 4. The van der Waals surface area contributed by atoms with Crippen molar-refractivity contribution in [3.63, 3.8) is 0 Å². The molecule has 1 heterocycles. The summed E-state index contributed by atoms with van der Waals surface area (Å²) in [6, 6.07) is 0.326. The lowest BCUT2D eigenvalue weighted by Gasteiger charge is -2.30. The summed E-state index contributed by atoms with van der Waals surface area (Å²) in [5, 5.41) is 4.22. The fraction of sp³-hybridized carbons (Fsp3) is 0.857. The molecule has 108 valence electrons. The van der Waals surface area contributed by atoms with Gasteiger partial charge in [0.2, 0.25) is 0 Å². The van der Waals surface area contributed by atoms with Crippen LogP contribution in [0.1, 0.15) is 51.4 Å². The molecule has 0 aromatic carbocycles. The van der Waals surface area contributed by atoms with Crippen LogP contribution >= 0.6 is 0 Å². The molecular formula is C14H26N4O. The van der Waals surface area contributed by atoms with Crippen LogP contribution in [-0.2, 0) is 11.3 Å². The minimum absolute atomic E-state index is 0.326. The van der Waals surface area contributed by atoms with Crippen molar-refractivity contribution in [2.45, 2.75) is 52.2 Å². The molecule has 0 amide bonds. The first-order chi connectivity index (χ1) is 9.22. The van der Waals surface area contributed by atoms with Crippen molar-refractivity contribution in [3.8, 4) is 0 Å². The predicted molar refractivity (Wildman–Crippen MR) is 74.6 cm³/mol. The number of nitrogens with two attached hydrogens (primary N) is 1. The van der Waals surface area contributed by atoms with E-state index in [1.165, 1.54) is 25.7 Å². The van der Waals surface area contributed by atoms with E-state index in [9.17, 15) is 0 Å². The lowest BCUT2D eigenvalue weighted by Crippen LogP contribution is -2.30. The standard InChI is InChI=1S/C14H26N4O/c1-11(2)18-14(16-10-17-18)9-19-8-13-6-4-3-5-12(13)7-15/h10-13H,3-9,15H2,1-2H3. The zero-order valence-corrected chi connectivity index (χ0v) is 12.1. The predicted octanol–water partition coefficient (Wildman–Crippen LogP) is 2.14. The van der Waals surface area contributed by atoms with E-state index in [1.807, 2.05) is 4.68 Å². The molecule has 1 saturated carbocycles. The van der Waals surface area contributed by atoms with Gasteiger partial charge in [0.1, 0.15) is 12.9 Å². The number of aromatic nitrogens is 3. The van der Waals surface area contributed by atoms with Gasteiger partial charge < -0.3 is 10.5 Å². The van der Waals surface area contributed by atoms with Crippen molar-refractivity contribution in [1.82, 2.24) is 14.8 Å². The summed E-state index contributed by atoms with van der Waals surface area (Å²) in [5.41, 5.74) is 5.84. The average Bonchev–Trinajstić information content (AvgIpc) is 2.88. The Bertz CT molecular complexity index is 377. The van der Waals surface area contributed by atoms with Crippen LogP contribution in [0, 0.1) is 11.8 Å². The molecule has 1 aromatic rings. The highest BCUT2D eigenvalue weighted by atomic mass is 16.5. The van der Waals surface area contributed by atoms with E-state index in [1.54, 1.807) is 6.33 Å². The lowest BCUT2D eigenvalue weighted by molar-refractivity contribution is 0.0458. The Kier molecular flexibility index (Phi) is 5.34. The molecule has 1 fully saturated rings. The molecule has 1 aliphatic rings. The van der Waals surface area contributed by atoms with Crippen molar-refractivity contribution in [3.05, 3.63) is 12.2 Å². The Balaban J connectivity index is 1.80. The second-order valence-electron chi connectivity index (χ2n) is 5.77. The topological polar surface area (TPSA) is 66.0 Å². The molecule has 1 aromatic heterocycles. The van der Waals surface area contributed by atoms with Gasteiger partial charge in [-0.05, 0) is 45.1 Å². The molecule has 1 aliphatic carbocycles. The maximum Gasteiger partial charge on any atom is 0.153 e. The lowest BCUT2D eigenvalue weighted by atomic mass is 9.80. The van der Waals surface area contributed by atoms with Crippen molar-refractivity contribution in [2.24, 2.45) is 17.6 Å². The molecule has 2 unspecified atom stereocenters. The van der Waals surface area contributed by atoms with E-state index in [2.05, 4.69) is 23.9 Å². The van der Waals surface area contributed by atoms with Gasteiger partial charge in [-0.15, -0.1) is 0 Å². The fourth-order valence-electron chi connectivity index (χ4n) is 2.92. The number of nitrogens with zero attached hydrogens (tertiary/aromatic N) is 3. The van der Waals surface area contributed by atoms with Gasteiger partial charge in [0.05, 0.1) is 6.61 Å². The zero-order chi connectivity index (χ0) is 13.7. The van der Waals surface area contributed by atoms with Crippen LogP contribution in [-0.4, -0.2) is 27.9 Å². The van der Waals surface area contributed by atoms with Crippen LogP contribution in [0.25, 0.3) is 0 Å². The molecule has 0 bridgehead atoms. The molecule has 0 spiro atoms. The average molecular weight is 266 g/mol. The van der Waals surface area contributed by atoms with Crippen molar-refractivity contribution in [1.29, 1.82) is 0 Å². The van der Waals surface area contributed by atoms with E-state index >= 15 is 0 Å². The van der Waals surface area contributed by atoms with Crippen LogP contribution in [0.2, 0.25) is 0 Å². The second kappa shape index (κ2) is 7.01. The van der Waals surface area contributed by atoms with Crippen molar-refractivity contribution < 1.29 is 4.74 Å². The van der Waals surface area contributed by atoms with Gasteiger partial charge in [-0.3, -0.25) is 0 Å². The van der Waals surface area contributed by atoms with Gasteiger partial charge in [-0.2, -0.15) is 5.10 Å². The summed E-state index contributed by atoms with van der Waals surface area (Å²) >= 11 is 0. The van der Waals surface area contributed by atoms with E-state index in [0.717, 1.165) is 19.0 Å². The molecule has 0 radical (unpaired) electrons. The summed E-state index contributed by atoms with van der Waals surface area (Å²) in [4.78, 5) is 4.26. The molecular weight excluding hydrogens is 240 g/mol. The molecule has 2 atom stereocenters. The Morgan fingerprint density at radius 2 is 2.11 bits per heavy atom. The van der Waals surface area contributed by atoms with Crippen LogP contribution in [0.15, 0.2) is 6.33 Å². The minimum atomic E-state index is 0.326. The quantitative estimate of drug-likeness (QED) is 0.856. The zero-order valence-electron chi connectivity index (χ0n) is 12.1. The first-order valence-corrected chi connectivity index (χ1v) is 7.38. The monoisotopic (exact) mass is 266 g/mol. The molecule has 5 nitrogen and oxygen atoms in total. The Hall–Kier alpha value is -0.940. The highest BCUT2D eigenvalue weighted by Crippen LogP contribution is 2.29. The summed E-state index contributed by atoms with van der Waals surface area (Å²) in [7, 11) is 0. The maximum atomic E-state index is 5.86. The summed E-state index contributed by atoms with van der Waals surface area (Å²) < 4.78 is 7.78. The van der Waals surface area contributed by atoms with E-state index in [4.69, 9.17) is 10.5 Å². The van der Waals surface area contributed by atoms with E-state index in [0.29, 0.717) is 24.5 Å². The van der Waals surface area contributed by atoms with Crippen LogP contribution in [0.3, 0.4) is 0 Å². The molecule has 2 rings (SSSR count). The highest BCUT2D eigenvalue weighted by molar-refractivity contribution is 4.84. The Labute approximate surface area is 115 Å². The number of rotatable bonds is 6. The smallest absolute Gasteiger partial charge is 0.153 e. The molecule has 2 N–H and O–H groups in total. The largest absolute Gasteiger partial charge is 0.373 e. The molecule has 5 heteroatoms.